The van der Waals surface area contributed by atoms with E-state index in [0.29, 0.717) is 13.0 Å². The van der Waals surface area contributed by atoms with Crippen LogP contribution in [-0.2, 0) is 4.79 Å². The van der Waals surface area contributed by atoms with Crippen molar-refractivity contribution in [1.29, 1.82) is 0 Å². The van der Waals surface area contributed by atoms with Crippen LogP contribution in [0.3, 0.4) is 0 Å². The third kappa shape index (κ3) is 1.88. The molecular formula is C12H16N2O2. The van der Waals surface area contributed by atoms with E-state index < -0.39 is 0 Å². The zero-order chi connectivity index (χ0) is 11.5. The Labute approximate surface area is 95.1 Å². The normalized spacial score (nSPS) is 20.6. The van der Waals surface area contributed by atoms with E-state index in [1.165, 1.54) is 0 Å². The summed E-state index contributed by atoms with van der Waals surface area (Å²) in [6, 6.07) is 9.94. The lowest BCUT2D eigenvalue weighted by atomic mass is 10.2. The van der Waals surface area contributed by atoms with Gasteiger partial charge in [0.05, 0.1) is 31.3 Å². The van der Waals surface area contributed by atoms with Gasteiger partial charge in [-0.25, -0.2) is 0 Å². The fourth-order valence-electron chi connectivity index (χ4n) is 2.10. The van der Waals surface area contributed by atoms with Gasteiger partial charge in [-0.3, -0.25) is 14.8 Å². The maximum atomic E-state index is 11.7. The highest BCUT2D eigenvalue weighted by Crippen LogP contribution is 2.26. The summed E-state index contributed by atoms with van der Waals surface area (Å²) in [7, 11) is 0. The van der Waals surface area contributed by atoms with Gasteiger partial charge in [0.1, 0.15) is 0 Å². The number of β-amino-alcohol motifs (C(OH)–C–C–N with tert-alkyl or cyclic N) is 1. The predicted molar refractivity (Wildman–Crippen MR) is 61.8 cm³/mol. The number of rotatable bonds is 3. The van der Waals surface area contributed by atoms with Crippen molar-refractivity contribution in [3.8, 4) is 0 Å². The van der Waals surface area contributed by atoms with E-state index in [1.807, 2.05) is 42.3 Å². The standard InChI is InChI=1S/C12H16N2O2/c1-10-9-12(16)13(7-8-15)14(10)11-5-3-2-4-6-11/h2-6,10,15H,7-9H2,1H3. The number of benzene rings is 1. The molecule has 0 radical (unpaired) electrons. The van der Waals surface area contributed by atoms with Crippen molar-refractivity contribution < 1.29 is 9.90 Å². The molecule has 1 aliphatic heterocycles. The van der Waals surface area contributed by atoms with Gasteiger partial charge in [-0.1, -0.05) is 18.2 Å². The van der Waals surface area contributed by atoms with E-state index in [2.05, 4.69) is 0 Å². The first-order chi connectivity index (χ1) is 7.74. The van der Waals surface area contributed by atoms with Crippen LogP contribution in [0.5, 0.6) is 0 Å². The average Bonchev–Trinajstić information content (AvgIpc) is 2.56. The molecule has 2 rings (SSSR count). The first-order valence-electron chi connectivity index (χ1n) is 5.49. The number of hydrogen-bond donors (Lipinski definition) is 1. The summed E-state index contributed by atoms with van der Waals surface area (Å²) in [5.74, 6) is 0.0744. The molecule has 0 aliphatic carbocycles. The van der Waals surface area contributed by atoms with E-state index in [9.17, 15) is 4.79 Å². The topological polar surface area (TPSA) is 43.8 Å². The average molecular weight is 220 g/mol. The van der Waals surface area contributed by atoms with Crippen LogP contribution in [-0.4, -0.2) is 35.2 Å². The van der Waals surface area contributed by atoms with E-state index >= 15 is 0 Å². The van der Waals surface area contributed by atoms with Crippen molar-refractivity contribution in [3.05, 3.63) is 30.3 Å². The number of anilines is 1. The number of para-hydroxylation sites is 1. The summed E-state index contributed by atoms with van der Waals surface area (Å²) < 4.78 is 0. The van der Waals surface area contributed by atoms with Gasteiger partial charge in [-0.15, -0.1) is 0 Å². The number of aliphatic hydroxyl groups excluding tert-OH is 1. The van der Waals surface area contributed by atoms with Gasteiger partial charge < -0.3 is 5.11 Å². The smallest absolute Gasteiger partial charge is 0.243 e. The third-order valence-electron chi connectivity index (χ3n) is 2.77. The quantitative estimate of drug-likeness (QED) is 0.827. The first-order valence-corrected chi connectivity index (χ1v) is 5.49. The zero-order valence-electron chi connectivity index (χ0n) is 9.34. The molecule has 1 atom stereocenters. The zero-order valence-corrected chi connectivity index (χ0v) is 9.34. The molecule has 0 aromatic heterocycles. The SMILES string of the molecule is CC1CC(=O)N(CCO)N1c1ccccc1. The van der Waals surface area contributed by atoms with Gasteiger partial charge in [-0.05, 0) is 19.1 Å². The molecule has 0 spiro atoms. The predicted octanol–water partition coefficient (Wildman–Crippen LogP) is 1.02. The molecule has 16 heavy (non-hydrogen) atoms. The van der Waals surface area contributed by atoms with Gasteiger partial charge in [0.2, 0.25) is 5.91 Å². The van der Waals surface area contributed by atoms with E-state index in [0.717, 1.165) is 5.69 Å². The minimum Gasteiger partial charge on any atom is -0.394 e. The second kappa shape index (κ2) is 4.53. The Morgan fingerprint density at radius 2 is 2.06 bits per heavy atom. The Kier molecular flexibility index (Phi) is 3.10. The van der Waals surface area contributed by atoms with Crippen LogP contribution in [0.1, 0.15) is 13.3 Å². The molecular weight excluding hydrogens is 204 g/mol. The molecule has 1 N–H and O–H groups in total. The van der Waals surface area contributed by atoms with Crippen LogP contribution in [0.25, 0.3) is 0 Å². The van der Waals surface area contributed by atoms with E-state index in [-0.39, 0.29) is 18.6 Å². The Morgan fingerprint density at radius 3 is 2.69 bits per heavy atom. The molecule has 1 heterocycles. The van der Waals surface area contributed by atoms with Gasteiger partial charge in [0.15, 0.2) is 0 Å². The minimum atomic E-state index is -0.0121. The molecule has 1 fully saturated rings. The molecule has 1 aromatic carbocycles. The second-order valence-corrected chi connectivity index (χ2v) is 3.97. The highest BCUT2D eigenvalue weighted by molar-refractivity contribution is 5.82. The van der Waals surface area contributed by atoms with Crippen molar-refractivity contribution in [2.45, 2.75) is 19.4 Å². The van der Waals surface area contributed by atoms with Gasteiger partial charge in [0.25, 0.3) is 0 Å². The van der Waals surface area contributed by atoms with Crippen molar-refractivity contribution in [1.82, 2.24) is 5.01 Å². The number of amides is 1. The summed E-state index contributed by atoms with van der Waals surface area (Å²) in [6.07, 6.45) is 0.509. The van der Waals surface area contributed by atoms with Gasteiger partial charge in [0, 0.05) is 0 Å². The summed E-state index contributed by atoms with van der Waals surface area (Å²) >= 11 is 0. The van der Waals surface area contributed by atoms with Crippen LogP contribution < -0.4 is 5.01 Å². The van der Waals surface area contributed by atoms with Gasteiger partial charge >= 0.3 is 0 Å². The van der Waals surface area contributed by atoms with Crippen molar-refractivity contribution in [2.75, 3.05) is 18.2 Å². The maximum absolute atomic E-state index is 11.7. The first kappa shape index (κ1) is 11.0. The van der Waals surface area contributed by atoms with Crippen molar-refractivity contribution in [2.24, 2.45) is 0 Å². The number of hydrazine groups is 1. The van der Waals surface area contributed by atoms with E-state index in [4.69, 9.17) is 5.11 Å². The number of carbonyl (C=O) groups excluding carboxylic acids is 1. The summed E-state index contributed by atoms with van der Waals surface area (Å²) in [5, 5.41) is 12.6. The number of hydrogen-bond acceptors (Lipinski definition) is 3. The van der Waals surface area contributed by atoms with Crippen molar-refractivity contribution >= 4 is 11.6 Å². The molecule has 1 amide bonds. The fourth-order valence-corrected chi connectivity index (χ4v) is 2.10. The number of carbonyl (C=O) groups is 1. The molecule has 0 bridgehead atoms. The summed E-state index contributed by atoms with van der Waals surface area (Å²) in [5.41, 5.74) is 0.995. The molecule has 0 saturated carbocycles. The fraction of sp³-hybridized carbons (Fsp3) is 0.417. The molecule has 1 aromatic rings. The Morgan fingerprint density at radius 1 is 1.38 bits per heavy atom. The lowest BCUT2D eigenvalue weighted by Gasteiger charge is -2.32. The monoisotopic (exact) mass is 220 g/mol. The van der Waals surface area contributed by atoms with Crippen LogP contribution in [0.2, 0.25) is 0 Å². The number of nitrogens with zero attached hydrogens (tertiary/aromatic N) is 2. The van der Waals surface area contributed by atoms with Crippen LogP contribution in [0.15, 0.2) is 30.3 Å². The molecule has 1 aliphatic rings. The lowest BCUT2D eigenvalue weighted by molar-refractivity contribution is -0.128. The maximum Gasteiger partial charge on any atom is 0.243 e. The lowest BCUT2D eigenvalue weighted by Crippen LogP contribution is -2.43. The summed E-state index contributed by atoms with van der Waals surface area (Å²) in [6.45, 7) is 2.36. The molecule has 1 unspecified atom stereocenters. The van der Waals surface area contributed by atoms with E-state index in [1.54, 1.807) is 5.01 Å². The third-order valence-corrected chi connectivity index (χ3v) is 2.77. The van der Waals surface area contributed by atoms with Gasteiger partial charge in [-0.2, -0.15) is 0 Å². The molecule has 4 nitrogen and oxygen atoms in total. The highest BCUT2D eigenvalue weighted by Gasteiger charge is 2.34. The molecule has 86 valence electrons. The van der Waals surface area contributed by atoms with Crippen LogP contribution in [0, 0.1) is 0 Å². The molecule has 1 saturated heterocycles. The minimum absolute atomic E-state index is 0.0121. The highest BCUT2D eigenvalue weighted by atomic mass is 16.3. The van der Waals surface area contributed by atoms with Crippen molar-refractivity contribution in [3.63, 3.8) is 0 Å². The summed E-state index contributed by atoms with van der Waals surface area (Å²) in [4.78, 5) is 11.7. The second-order valence-electron chi connectivity index (χ2n) is 3.97. The largest absolute Gasteiger partial charge is 0.394 e. The molecule has 4 heteroatoms. The Hall–Kier alpha value is -1.55. The number of aliphatic hydroxyl groups is 1. The van der Waals surface area contributed by atoms with Crippen LogP contribution >= 0.6 is 0 Å². The Balaban J connectivity index is 2.27. The van der Waals surface area contributed by atoms with Crippen LogP contribution in [0.4, 0.5) is 5.69 Å². The Bertz CT molecular complexity index is 367.